The fraction of sp³-hybridized carbons (Fsp3) is 0.0714. The number of benzene rings is 2. The largest absolute Gasteiger partial charge is 0.327 e. The van der Waals surface area contributed by atoms with E-state index in [1.807, 2.05) is 0 Å². The first-order valence-electron chi connectivity index (χ1n) is 6.33. The molecule has 2 aromatic carbocycles. The summed E-state index contributed by atoms with van der Waals surface area (Å²) in [4.78, 5) is 24.9. The van der Waals surface area contributed by atoms with Crippen LogP contribution in [0.4, 0.5) is 11.4 Å². The van der Waals surface area contributed by atoms with E-state index in [1.54, 1.807) is 29.8 Å². The number of non-ortho nitro benzene ring substituents is 2. The van der Waals surface area contributed by atoms with Crippen molar-refractivity contribution in [3.8, 4) is 11.4 Å². The third kappa shape index (κ3) is 2.16. The number of hydrogen-bond donors (Lipinski definition) is 0. The molecule has 0 aliphatic carbocycles. The second-order valence-corrected chi connectivity index (χ2v) is 4.73. The highest BCUT2D eigenvalue weighted by atomic mass is 16.6. The quantitative estimate of drug-likeness (QED) is 0.546. The molecule has 1 heterocycles. The molecule has 0 aliphatic heterocycles. The zero-order valence-electron chi connectivity index (χ0n) is 11.5. The van der Waals surface area contributed by atoms with Crippen molar-refractivity contribution in [2.24, 2.45) is 7.05 Å². The number of hydrogen-bond acceptors (Lipinski definition) is 5. The van der Waals surface area contributed by atoms with Gasteiger partial charge in [-0.25, -0.2) is 4.98 Å². The molecule has 0 N–H and O–H groups in total. The molecule has 0 atom stereocenters. The average molecular weight is 298 g/mol. The Morgan fingerprint density at radius 1 is 0.955 bits per heavy atom. The maximum atomic E-state index is 10.8. The van der Waals surface area contributed by atoms with Gasteiger partial charge in [0.25, 0.3) is 11.4 Å². The fourth-order valence-corrected chi connectivity index (χ4v) is 2.29. The van der Waals surface area contributed by atoms with Gasteiger partial charge in [0.15, 0.2) is 0 Å². The molecule has 0 radical (unpaired) electrons. The SMILES string of the molecule is Cn1c(-c2ccc([N+](=O)[O-])cc2)nc2cc([N+](=O)[O-])ccc21. The van der Waals surface area contributed by atoms with Gasteiger partial charge in [0.05, 0.1) is 20.9 Å². The van der Waals surface area contributed by atoms with Gasteiger partial charge in [-0.3, -0.25) is 20.2 Å². The summed E-state index contributed by atoms with van der Waals surface area (Å²) in [6.07, 6.45) is 0. The molecular weight excluding hydrogens is 288 g/mol. The Balaban J connectivity index is 2.12. The first-order chi connectivity index (χ1) is 10.5. The molecule has 0 saturated carbocycles. The Morgan fingerprint density at radius 2 is 1.55 bits per heavy atom. The number of nitrogens with zero attached hydrogens (tertiary/aromatic N) is 4. The van der Waals surface area contributed by atoms with Crippen molar-refractivity contribution in [2.45, 2.75) is 0 Å². The molecular formula is C14H10N4O4. The predicted octanol–water partition coefficient (Wildman–Crippen LogP) is 3.06. The summed E-state index contributed by atoms with van der Waals surface area (Å²) >= 11 is 0. The van der Waals surface area contributed by atoms with E-state index in [0.717, 1.165) is 5.52 Å². The van der Waals surface area contributed by atoms with Crippen LogP contribution in [0.15, 0.2) is 42.5 Å². The van der Waals surface area contributed by atoms with Crippen LogP contribution >= 0.6 is 0 Å². The number of rotatable bonds is 3. The summed E-state index contributed by atoms with van der Waals surface area (Å²) in [6, 6.07) is 10.5. The van der Waals surface area contributed by atoms with E-state index >= 15 is 0 Å². The average Bonchev–Trinajstić information content (AvgIpc) is 2.84. The Hall–Kier alpha value is -3.29. The maximum Gasteiger partial charge on any atom is 0.271 e. The maximum absolute atomic E-state index is 10.8. The van der Waals surface area contributed by atoms with Crippen LogP contribution in [0, 0.1) is 20.2 Å². The van der Waals surface area contributed by atoms with E-state index in [1.165, 1.54) is 24.3 Å². The molecule has 0 bridgehead atoms. The number of nitro groups is 2. The topological polar surface area (TPSA) is 104 Å². The van der Waals surface area contributed by atoms with E-state index in [9.17, 15) is 20.2 Å². The molecule has 0 unspecified atom stereocenters. The first-order valence-corrected chi connectivity index (χ1v) is 6.33. The second-order valence-electron chi connectivity index (χ2n) is 4.73. The van der Waals surface area contributed by atoms with Gasteiger partial charge in [0.2, 0.25) is 0 Å². The standard InChI is InChI=1S/C14H10N4O4/c1-16-13-7-6-11(18(21)22)8-12(13)15-14(16)9-2-4-10(5-3-9)17(19)20/h2-8H,1H3. The zero-order valence-corrected chi connectivity index (χ0v) is 11.5. The van der Waals surface area contributed by atoms with Crippen LogP contribution in [0.5, 0.6) is 0 Å². The van der Waals surface area contributed by atoms with E-state index < -0.39 is 9.85 Å². The van der Waals surface area contributed by atoms with Crippen LogP contribution < -0.4 is 0 Å². The summed E-state index contributed by atoms with van der Waals surface area (Å²) in [5.41, 5.74) is 1.93. The smallest absolute Gasteiger partial charge is 0.271 e. The normalized spacial score (nSPS) is 10.8. The number of nitro benzene ring substituents is 2. The summed E-state index contributed by atoms with van der Waals surface area (Å²) in [7, 11) is 1.79. The molecule has 8 nitrogen and oxygen atoms in total. The number of aromatic nitrogens is 2. The van der Waals surface area contributed by atoms with Gasteiger partial charge in [-0.1, -0.05) is 0 Å². The molecule has 0 aliphatic rings. The van der Waals surface area contributed by atoms with Gasteiger partial charge in [-0.15, -0.1) is 0 Å². The lowest BCUT2D eigenvalue weighted by Gasteiger charge is -2.02. The highest BCUT2D eigenvalue weighted by molar-refractivity contribution is 5.82. The van der Waals surface area contributed by atoms with Crippen molar-refractivity contribution in [1.82, 2.24) is 9.55 Å². The van der Waals surface area contributed by atoms with Gasteiger partial charge in [0.1, 0.15) is 5.82 Å². The number of fused-ring (bicyclic) bond motifs is 1. The minimum absolute atomic E-state index is 0.00171. The molecule has 1 aromatic heterocycles. The van der Waals surface area contributed by atoms with Gasteiger partial charge >= 0.3 is 0 Å². The van der Waals surface area contributed by atoms with Crippen LogP contribution in [0.25, 0.3) is 22.4 Å². The lowest BCUT2D eigenvalue weighted by atomic mass is 10.2. The predicted molar refractivity (Wildman–Crippen MR) is 79.5 cm³/mol. The zero-order chi connectivity index (χ0) is 15.9. The lowest BCUT2D eigenvalue weighted by Crippen LogP contribution is -1.93. The van der Waals surface area contributed by atoms with Crippen LogP contribution in [0.3, 0.4) is 0 Å². The lowest BCUT2D eigenvalue weighted by molar-refractivity contribution is -0.385. The highest BCUT2D eigenvalue weighted by Gasteiger charge is 2.14. The minimum Gasteiger partial charge on any atom is -0.327 e. The molecule has 8 heteroatoms. The van der Waals surface area contributed by atoms with Gasteiger partial charge < -0.3 is 4.57 Å². The summed E-state index contributed by atoms with van der Waals surface area (Å²) in [5, 5.41) is 21.5. The molecule has 0 amide bonds. The van der Waals surface area contributed by atoms with Gasteiger partial charge in [0, 0.05) is 36.9 Å². The van der Waals surface area contributed by atoms with Crippen LogP contribution in [0.2, 0.25) is 0 Å². The molecule has 0 fully saturated rings. The van der Waals surface area contributed by atoms with Gasteiger partial charge in [-0.2, -0.15) is 0 Å². The van der Waals surface area contributed by atoms with Crippen molar-refractivity contribution in [3.05, 3.63) is 62.7 Å². The third-order valence-corrected chi connectivity index (χ3v) is 3.41. The van der Waals surface area contributed by atoms with E-state index in [2.05, 4.69) is 4.98 Å². The van der Waals surface area contributed by atoms with E-state index in [4.69, 9.17) is 0 Å². The minimum atomic E-state index is -0.473. The third-order valence-electron chi connectivity index (χ3n) is 3.41. The van der Waals surface area contributed by atoms with Crippen LogP contribution in [-0.4, -0.2) is 19.4 Å². The Morgan fingerprint density at radius 3 is 2.14 bits per heavy atom. The Labute approximate surface area is 123 Å². The Bertz CT molecular complexity index is 899. The second kappa shape index (κ2) is 4.92. The van der Waals surface area contributed by atoms with Crippen molar-refractivity contribution in [2.75, 3.05) is 0 Å². The van der Waals surface area contributed by atoms with Crippen molar-refractivity contribution < 1.29 is 9.85 Å². The monoisotopic (exact) mass is 298 g/mol. The molecule has 3 aromatic rings. The van der Waals surface area contributed by atoms with Crippen molar-refractivity contribution >= 4 is 22.4 Å². The van der Waals surface area contributed by atoms with Crippen molar-refractivity contribution in [3.63, 3.8) is 0 Å². The van der Waals surface area contributed by atoms with Crippen LogP contribution in [-0.2, 0) is 7.05 Å². The molecule has 3 rings (SSSR count). The number of aryl methyl sites for hydroxylation is 1. The highest BCUT2D eigenvalue weighted by Crippen LogP contribution is 2.27. The van der Waals surface area contributed by atoms with E-state index in [0.29, 0.717) is 16.9 Å². The first kappa shape index (κ1) is 13.7. The molecule has 110 valence electrons. The van der Waals surface area contributed by atoms with Crippen molar-refractivity contribution in [1.29, 1.82) is 0 Å². The number of imidazole rings is 1. The molecule has 0 saturated heterocycles. The summed E-state index contributed by atoms with van der Waals surface area (Å²) < 4.78 is 1.79. The fourth-order valence-electron chi connectivity index (χ4n) is 2.29. The van der Waals surface area contributed by atoms with Crippen LogP contribution in [0.1, 0.15) is 0 Å². The molecule has 0 spiro atoms. The summed E-state index contributed by atoms with van der Waals surface area (Å²) in [6.45, 7) is 0. The van der Waals surface area contributed by atoms with E-state index in [-0.39, 0.29) is 11.4 Å². The summed E-state index contributed by atoms with van der Waals surface area (Å²) in [5.74, 6) is 0.588. The molecule has 22 heavy (non-hydrogen) atoms. The van der Waals surface area contributed by atoms with Gasteiger partial charge in [-0.05, 0) is 18.2 Å². The Kier molecular flexibility index (Phi) is 3.06.